The van der Waals surface area contributed by atoms with Crippen molar-refractivity contribution >= 4 is 34.9 Å². The molecule has 1 N–H and O–H groups in total. The molecule has 0 atom stereocenters. The Labute approximate surface area is 120 Å². The van der Waals surface area contributed by atoms with Gasteiger partial charge in [0, 0.05) is 18.3 Å². The van der Waals surface area contributed by atoms with E-state index in [9.17, 15) is 0 Å². The predicted molar refractivity (Wildman–Crippen MR) is 79.6 cm³/mol. The number of fused-ring (bicyclic) bond motifs is 1. The van der Waals surface area contributed by atoms with Crippen LogP contribution < -0.4 is 0 Å². The SMILES string of the molecule is CCc1nn(C)cc1-n1c(=S)[nH]c2cc(Cl)ccc21. The van der Waals surface area contributed by atoms with Crippen LogP contribution in [0.15, 0.2) is 24.4 Å². The van der Waals surface area contributed by atoms with Gasteiger partial charge in [-0.15, -0.1) is 0 Å². The molecule has 0 saturated carbocycles. The highest BCUT2D eigenvalue weighted by Crippen LogP contribution is 2.24. The highest BCUT2D eigenvalue weighted by molar-refractivity contribution is 7.71. The van der Waals surface area contributed by atoms with Crippen LogP contribution in [0.1, 0.15) is 12.6 Å². The first-order valence-electron chi connectivity index (χ1n) is 6.03. The van der Waals surface area contributed by atoms with Crippen molar-refractivity contribution in [1.29, 1.82) is 0 Å². The number of nitrogens with zero attached hydrogens (tertiary/aromatic N) is 3. The minimum Gasteiger partial charge on any atom is -0.330 e. The third kappa shape index (κ3) is 1.99. The van der Waals surface area contributed by atoms with Crippen molar-refractivity contribution in [3.8, 4) is 5.69 Å². The topological polar surface area (TPSA) is 38.5 Å². The zero-order chi connectivity index (χ0) is 13.6. The van der Waals surface area contributed by atoms with Crippen LogP contribution >= 0.6 is 23.8 Å². The molecule has 0 spiro atoms. The van der Waals surface area contributed by atoms with Crippen LogP contribution in [0, 0.1) is 4.77 Å². The largest absolute Gasteiger partial charge is 0.330 e. The first-order valence-corrected chi connectivity index (χ1v) is 6.82. The van der Waals surface area contributed by atoms with E-state index < -0.39 is 0 Å². The van der Waals surface area contributed by atoms with Gasteiger partial charge in [-0.2, -0.15) is 5.10 Å². The molecule has 0 saturated heterocycles. The average Bonchev–Trinajstić information content (AvgIpc) is 2.87. The first-order chi connectivity index (χ1) is 9.10. The molecule has 0 amide bonds. The van der Waals surface area contributed by atoms with E-state index in [4.69, 9.17) is 23.8 Å². The fourth-order valence-electron chi connectivity index (χ4n) is 2.28. The smallest absolute Gasteiger partial charge is 0.182 e. The van der Waals surface area contributed by atoms with Gasteiger partial charge in [-0.05, 0) is 36.8 Å². The van der Waals surface area contributed by atoms with Crippen LogP contribution in [0.25, 0.3) is 16.7 Å². The molecule has 2 heterocycles. The van der Waals surface area contributed by atoms with Gasteiger partial charge in [0.1, 0.15) is 0 Å². The van der Waals surface area contributed by atoms with E-state index in [0.717, 1.165) is 28.8 Å². The number of aromatic amines is 1. The summed E-state index contributed by atoms with van der Waals surface area (Å²) in [4.78, 5) is 3.18. The summed E-state index contributed by atoms with van der Waals surface area (Å²) in [6, 6.07) is 5.71. The van der Waals surface area contributed by atoms with Crippen LogP contribution in [0.2, 0.25) is 5.02 Å². The Morgan fingerprint density at radius 1 is 1.42 bits per heavy atom. The second kappa shape index (κ2) is 4.51. The summed E-state index contributed by atoms with van der Waals surface area (Å²) in [6.45, 7) is 2.08. The minimum absolute atomic E-state index is 0.653. The molecule has 2 aromatic heterocycles. The van der Waals surface area contributed by atoms with Crippen molar-refractivity contribution in [2.24, 2.45) is 7.05 Å². The minimum atomic E-state index is 0.653. The molecule has 0 bridgehead atoms. The van der Waals surface area contributed by atoms with Crippen molar-refractivity contribution in [3.05, 3.63) is 39.9 Å². The first kappa shape index (κ1) is 12.4. The Bertz CT molecular complexity index is 812. The quantitative estimate of drug-likeness (QED) is 0.732. The number of rotatable bonds is 2. The number of imidazole rings is 1. The van der Waals surface area contributed by atoms with Gasteiger partial charge in [-0.25, -0.2) is 0 Å². The number of hydrogen-bond donors (Lipinski definition) is 1. The zero-order valence-corrected chi connectivity index (χ0v) is 12.2. The van der Waals surface area contributed by atoms with E-state index in [2.05, 4.69) is 17.0 Å². The molecule has 0 aliphatic carbocycles. The molecule has 19 heavy (non-hydrogen) atoms. The number of aryl methyl sites for hydroxylation is 2. The highest BCUT2D eigenvalue weighted by Gasteiger charge is 2.13. The zero-order valence-electron chi connectivity index (χ0n) is 10.6. The lowest BCUT2D eigenvalue weighted by Gasteiger charge is -2.03. The molecule has 0 aliphatic heterocycles. The van der Waals surface area contributed by atoms with Gasteiger partial charge in [0.2, 0.25) is 0 Å². The van der Waals surface area contributed by atoms with Crippen molar-refractivity contribution in [1.82, 2.24) is 19.3 Å². The number of halogens is 1. The van der Waals surface area contributed by atoms with E-state index in [1.807, 2.05) is 40.7 Å². The second-order valence-electron chi connectivity index (χ2n) is 4.42. The number of benzene rings is 1. The van der Waals surface area contributed by atoms with E-state index >= 15 is 0 Å². The highest BCUT2D eigenvalue weighted by atomic mass is 35.5. The molecule has 98 valence electrons. The standard InChI is InChI=1S/C13H13ClN4S/c1-3-9-12(7-17(2)16-9)18-11-5-4-8(14)6-10(11)15-13(18)19/h4-7H,3H2,1-2H3,(H,15,19). The molecule has 3 rings (SSSR count). The van der Waals surface area contributed by atoms with Crippen LogP contribution in [0.4, 0.5) is 0 Å². The Kier molecular flexibility index (Phi) is 2.95. The van der Waals surface area contributed by atoms with Crippen molar-refractivity contribution < 1.29 is 0 Å². The van der Waals surface area contributed by atoms with Crippen molar-refractivity contribution in [2.75, 3.05) is 0 Å². The lowest BCUT2D eigenvalue weighted by atomic mass is 10.2. The average molecular weight is 293 g/mol. The summed E-state index contributed by atoms with van der Waals surface area (Å²) < 4.78 is 4.47. The van der Waals surface area contributed by atoms with Gasteiger partial charge in [0.15, 0.2) is 4.77 Å². The lowest BCUT2D eigenvalue weighted by Crippen LogP contribution is -1.96. The fourth-order valence-corrected chi connectivity index (χ4v) is 2.76. The summed E-state index contributed by atoms with van der Waals surface area (Å²) in [5.41, 5.74) is 3.98. The van der Waals surface area contributed by atoms with Gasteiger partial charge in [0.05, 0.1) is 22.4 Å². The van der Waals surface area contributed by atoms with E-state index in [1.54, 1.807) is 0 Å². The molecule has 0 aliphatic rings. The number of aromatic nitrogens is 4. The number of H-pyrrole nitrogens is 1. The third-order valence-corrected chi connectivity index (χ3v) is 3.62. The molecule has 0 unspecified atom stereocenters. The molecule has 0 radical (unpaired) electrons. The summed E-state index contributed by atoms with van der Waals surface area (Å²) >= 11 is 11.4. The van der Waals surface area contributed by atoms with Crippen LogP contribution in [-0.4, -0.2) is 19.3 Å². The Morgan fingerprint density at radius 3 is 2.95 bits per heavy atom. The molecule has 4 nitrogen and oxygen atoms in total. The summed E-state index contributed by atoms with van der Waals surface area (Å²) in [6.07, 6.45) is 2.84. The van der Waals surface area contributed by atoms with E-state index in [-0.39, 0.29) is 0 Å². The lowest BCUT2D eigenvalue weighted by molar-refractivity contribution is 0.746. The maximum Gasteiger partial charge on any atom is 0.182 e. The third-order valence-electron chi connectivity index (χ3n) is 3.10. The van der Waals surface area contributed by atoms with Gasteiger partial charge < -0.3 is 4.98 Å². The van der Waals surface area contributed by atoms with Gasteiger partial charge >= 0.3 is 0 Å². The summed E-state index contributed by atoms with van der Waals surface area (Å²) in [5.74, 6) is 0. The van der Waals surface area contributed by atoms with Gasteiger partial charge in [-0.3, -0.25) is 9.25 Å². The fraction of sp³-hybridized carbons (Fsp3) is 0.231. The van der Waals surface area contributed by atoms with E-state index in [0.29, 0.717) is 9.79 Å². The molecule has 0 fully saturated rings. The van der Waals surface area contributed by atoms with E-state index in [1.165, 1.54) is 0 Å². The predicted octanol–water partition coefficient (Wildman–Crippen LogP) is 3.64. The van der Waals surface area contributed by atoms with Crippen LogP contribution in [0.5, 0.6) is 0 Å². The number of hydrogen-bond acceptors (Lipinski definition) is 2. The maximum atomic E-state index is 6.01. The van der Waals surface area contributed by atoms with Crippen molar-refractivity contribution in [2.45, 2.75) is 13.3 Å². The monoisotopic (exact) mass is 292 g/mol. The molecule has 6 heteroatoms. The van der Waals surface area contributed by atoms with Gasteiger partial charge in [-0.1, -0.05) is 18.5 Å². The van der Waals surface area contributed by atoms with Crippen LogP contribution in [-0.2, 0) is 13.5 Å². The van der Waals surface area contributed by atoms with Gasteiger partial charge in [0.25, 0.3) is 0 Å². The molecular formula is C13H13ClN4S. The van der Waals surface area contributed by atoms with Crippen molar-refractivity contribution in [3.63, 3.8) is 0 Å². The summed E-state index contributed by atoms with van der Waals surface area (Å²) in [5, 5.41) is 5.15. The number of nitrogens with one attached hydrogen (secondary N) is 1. The van der Waals surface area contributed by atoms with Crippen LogP contribution in [0.3, 0.4) is 0 Å². The Balaban J connectivity index is 2.36. The second-order valence-corrected chi connectivity index (χ2v) is 5.24. The Hall–Kier alpha value is -1.59. The Morgan fingerprint density at radius 2 is 2.21 bits per heavy atom. The molecule has 3 aromatic rings. The maximum absolute atomic E-state index is 6.01. The summed E-state index contributed by atoms with van der Waals surface area (Å²) in [7, 11) is 1.91. The molecular weight excluding hydrogens is 280 g/mol. The molecule has 1 aromatic carbocycles. The normalized spacial score (nSPS) is 11.3.